The predicted molar refractivity (Wildman–Crippen MR) is 95.4 cm³/mol. The number of hydrogen-bond acceptors (Lipinski definition) is 4. The first-order valence-electron chi connectivity index (χ1n) is 8.37. The highest BCUT2D eigenvalue weighted by Gasteiger charge is 2.18. The van der Waals surface area contributed by atoms with Crippen molar-refractivity contribution in [2.45, 2.75) is 19.9 Å². The molecule has 0 saturated carbocycles. The molecule has 2 rings (SSSR count). The number of benzene rings is 2. The van der Waals surface area contributed by atoms with E-state index in [-0.39, 0.29) is 24.8 Å². The number of carbonyl (C=O) groups is 2. The van der Waals surface area contributed by atoms with Gasteiger partial charge in [0.2, 0.25) is 0 Å². The first-order valence-corrected chi connectivity index (χ1v) is 8.37. The van der Waals surface area contributed by atoms with Gasteiger partial charge in [-0.05, 0) is 48.9 Å². The Morgan fingerprint density at radius 3 is 2.27 bits per heavy atom. The molecule has 0 aromatic heterocycles. The molecule has 0 bridgehead atoms. The van der Waals surface area contributed by atoms with Gasteiger partial charge < -0.3 is 14.4 Å². The molecule has 0 heterocycles. The number of ether oxygens (including phenoxy) is 2. The number of amides is 1. The lowest BCUT2D eigenvalue weighted by Crippen LogP contribution is -2.33. The zero-order chi connectivity index (χ0) is 18.9. The molecule has 0 spiro atoms. The molecule has 0 saturated heterocycles. The molecule has 26 heavy (non-hydrogen) atoms. The van der Waals surface area contributed by atoms with Crippen LogP contribution in [0.5, 0.6) is 5.75 Å². The Kier molecular flexibility index (Phi) is 7.14. The minimum absolute atomic E-state index is 0.0942. The summed E-state index contributed by atoms with van der Waals surface area (Å²) in [6.45, 7) is 2.56. The van der Waals surface area contributed by atoms with E-state index in [0.29, 0.717) is 18.7 Å². The first kappa shape index (κ1) is 19.4. The van der Waals surface area contributed by atoms with Gasteiger partial charge >= 0.3 is 5.97 Å². The van der Waals surface area contributed by atoms with Gasteiger partial charge in [0.15, 0.2) is 0 Å². The molecule has 0 atom stereocenters. The summed E-state index contributed by atoms with van der Waals surface area (Å²) < 4.78 is 23.2. The Morgan fingerprint density at radius 1 is 1.04 bits per heavy atom. The van der Waals surface area contributed by atoms with Gasteiger partial charge in [0, 0.05) is 18.7 Å². The van der Waals surface area contributed by atoms with E-state index in [9.17, 15) is 14.0 Å². The Hall–Kier alpha value is -2.89. The smallest absolute Gasteiger partial charge is 0.307 e. The first-order chi connectivity index (χ1) is 12.5. The number of carbonyl (C=O) groups excluding carboxylic acids is 2. The van der Waals surface area contributed by atoms with Crippen molar-refractivity contribution in [1.29, 1.82) is 0 Å². The third-order valence-electron chi connectivity index (χ3n) is 3.80. The SMILES string of the molecule is CCOC(=O)CCN(Cc1ccc(OC)cc1)C(=O)c1ccc(F)cc1. The van der Waals surface area contributed by atoms with Crippen LogP contribution in [-0.2, 0) is 16.1 Å². The normalized spacial score (nSPS) is 10.3. The second kappa shape index (κ2) is 9.56. The average molecular weight is 359 g/mol. The van der Waals surface area contributed by atoms with Crippen molar-refractivity contribution < 1.29 is 23.5 Å². The number of esters is 1. The zero-order valence-corrected chi connectivity index (χ0v) is 14.9. The Bertz CT molecular complexity index is 728. The Labute approximate surface area is 152 Å². The second-order valence-corrected chi connectivity index (χ2v) is 5.64. The quantitative estimate of drug-likeness (QED) is 0.678. The fourth-order valence-corrected chi connectivity index (χ4v) is 2.44. The van der Waals surface area contributed by atoms with Crippen LogP contribution in [0.1, 0.15) is 29.3 Å². The highest BCUT2D eigenvalue weighted by molar-refractivity contribution is 5.94. The van der Waals surface area contributed by atoms with Gasteiger partial charge in [0.1, 0.15) is 11.6 Å². The molecule has 5 nitrogen and oxygen atoms in total. The van der Waals surface area contributed by atoms with Gasteiger partial charge in [-0.2, -0.15) is 0 Å². The number of rotatable bonds is 8. The number of methoxy groups -OCH3 is 1. The third kappa shape index (κ3) is 5.58. The fourth-order valence-electron chi connectivity index (χ4n) is 2.44. The molecule has 138 valence electrons. The second-order valence-electron chi connectivity index (χ2n) is 5.64. The van der Waals surface area contributed by atoms with E-state index in [1.54, 1.807) is 31.1 Å². The minimum atomic E-state index is -0.408. The van der Waals surface area contributed by atoms with E-state index in [4.69, 9.17) is 9.47 Å². The molecule has 6 heteroatoms. The molecule has 0 N–H and O–H groups in total. The Morgan fingerprint density at radius 2 is 1.69 bits per heavy atom. The van der Waals surface area contributed by atoms with Crippen molar-refractivity contribution in [2.24, 2.45) is 0 Å². The van der Waals surface area contributed by atoms with E-state index in [0.717, 1.165) is 11.3 Å². The minimum Gasteiger partial charge on any atom is -0.497 e. The number of nitrogens with zero attached hydrogens (tertiary/aromatic N) is 1. The standard InChI is InChI=1S/C20H22FNO4/c1-3-26-19(23)12-13-22(14-15-4-10-18(25-2)11-5-15)20(24)16-6-8-17(21)9-7-16/h4-11H,3,12-14H2,1-2H3. The van der Waals surface area contributed by atoms with E-state index in [1.165, 1.54) is 24.3 Å². The molecular formula is C20H22FNO4. The summed E-state index contributed by atoms with van der Waals surface area (Å²) in [7, 11) is 1.58. The summed E-state index contributed by atoms with van der Waals surface area (Å²) in [5.74, 6) is -0.323. The number of hydrogen-bond donors (Lipinski definition) is 0. The van der Waals surface area contributed by atoms with Gasteiger partial charge in [-0.3, -0.25) is 9.59 Å². The van der Waals surface area contributed by atoms with Crippen molar-refractivity contribution in [3.05, 3.63) is 65.5 Å². The lowest BCUT2D eigenvalue weighted by Gasteiger charge is -2.23. The summed E-state index contributed by atoms with van der Waals surface area (Å²) in [5, 5.41) is 0. The van der Waals surface area contributed by atoms with Crippen LogP contribution in [0.4, 0.5) is 4.39 Å². The molecular weight excluding hydrogens is 337 g/mol. The number of halogens is 1. The zero-order valence-electron chi connectivity index (χ0n) is 14.9. The van der Waals surface area contributed by atoms with Gasteiger partial charge in [-0.25, -0.2) is 4.39 Å². The van der Waals surface area contributed by atoms with E-state index in [2.05, 4.69) is 0 Å². The van der Waals surface area contributed by atoms with Gasteiger partial charge in [0.05, 0.1) is 20.1 Å². The van der Waals surface area contributed by atoms with Crippen molar-refractivity contribution in [3.8, 4) is 5.75 Å². The molecule has 0 aliphatic carbocycles. The molecule has 0 aliphatic rings. The maximum atomic E-state index is 13.1. The van der Waals surface area contributed by atoms with Crippen LogP contribution in [0.25, 0.3) is 0 Å². The van der Waals surface area contributed by atoms with Crippen molar-refractivity contribution in [1.82, 2.24) is 4.90 Å². The lowest BCUT2D eigenvalue weighted by atomic mass is 10.1. The van der Waals surface area contributed by atoms with Gasteiger partial charge in [-0.1, -0.05) is 12.1 Å². The van der Waals surface area contributed by atoms with E-state index in [1.807, 2.05) is 12.1 Å². The van der Waals surface area contributed by atoms with Crippen LogP contribution in [0.2, 0.25) is 0 Å². The van der Waals surface area contributed by atoms with Crippen LogP contribution >= 0.6 is 0 Å². The fraction of sp³-hybridized carbons (Fsp3) is 0.300. The summed E-state index contributed by atoms with van der Waals surface area (Å²) in [6, 6.07) is 12.7. The van der Waals surface area contributed by atoms with Crippen molar-refractivity contribution in [2.75, 3.05) is 20.3 Å². The highest BCUT2D eigenvalue weighted by atomic mass is 19.1. The predicted octanol–water partition coefficient (Wildman–Crippen LogP) is 3.43. The maximum Gasteiger partial charge on any atom is 0.307 e. The third-order valence-corrected chi connectivity index (χ3v) is 3.80. The van der Waals surface area contributed by atoms with Crippen LogP contribution in [-0.4, -0.2) is 37.0 Å². The topological polar surface area (TPSA) is 55.8 Å². The molecule has 0 aliphatic heterocycles. The highest BCUT2D eigenvalue weighted by Crippen LogP contribution is 2.15. The molecule has 2 aromatic carbocycles. The summed E-state index contributed by atoms with van der Waals surface area (Å²) in [4.78, 5) is 26.0. The monoisotopic (exact) mass is 359 g/mol. The van der Waals surface area contributed by atoms with E-state index >= 15 is 0 Å². The average Bonchev–Trinajstić information content (AvgIpc) is 2.66. The van der Waals surface area contributed by atoms with Crippen LogP contribution in [0, 0.1) is 5.82 Å². The van der Waals surface area contributed by atoms with Crippen LogP contribution in [0.3, 0.4) is 0 Å². The Balaban J connectivity index is 2.15. The van der Waals surface area contributed by atoms with Crippen molar-refractivity contribution in [3.63, 3.8) is 0 Å². The molecule has 0 radical (unpaired) electrons. The summed E-state index contributed by atoms with van der Waals surface area (Å²) in [6.07, 6.45) is 0.0942. The summed E-state index contributed by atoms with van der Waals surface area (Å²) in [5.41, 5.74) is 1.26. The summed E-state index contributed by atoms with van der Waals surface area (Å²) >= 11 is 0. The van der Waals surface area contributed by atoms with Crippen LogP contribution in [0.15, 0.2) is 48.5 Å². The molecule has 2 aromatic rings. The molecule has 0 unspecified atom stereocenters. The van der Waals surface area contributed by atoms with Gasteiger partial charge in [-0.15, -0.1) is 0 Å². The lowest BCUT2D eigenvalue weighted by molar-refractivity contribution is -0.143. The molecule has 1 amide bonds. The molecule has 0 fully saturated rings. The largest absolute Gasteiger partial charge is 0.497 e. The van der Waals surface area contributed by atoms with Crippen molar-refractivity contribution >= 4 is 11.9 Å². The maximum absolute atomic E-state index is 13.1. The van der Waals surface area contributed by atoms with E-state index < -0.39 is 5.82 Å². The van der Waals surface area contributed by atoms with Crippen LogP contribution < -0.4 is 4.74 Å². The van der Waals surface area contributed by atoms with Gasteiger partial charge in [0.25, 0.3) is 5.91 Å².